The molecule has 68 valence electrons. The van der Waals surface area contributed by atoms with Gasteiger partial charge in [0.15, 0.2) is 0 Å². The first kappa shape index (κ1) is 9.52. The Morgan fingerprint density at radius 1 is 1.67 bits per heavy atom. The number of halogens is 1. The third-order valence-electron chi connectivity index (χ3n) is 1.76. The lowest BCUT2D eigenvalue weighted by Gasteiger charge is -2.03. The highest BCUT2D eigenvalue weighted by atomic mass is 35.5. The fourth-order valence-corrected chi connectivity index (χ4v) is 1.18. The van der Waals surface area contributed by atoms with Crippen LogP contribution in [0.25, 0.3) is 0 Å². The Morgan fingerprint density at radius 3 is 3.00 bits per heavy atom. The molecule has 0 aliphatic rings. The highest BCUT2D eigenvalue weighted by Crippen LogP contribution is 2.05. The number of nitrogens with zero attached hydrogens (tertiary/aromatic N) is 3. The fraction of sp³-hybridized carbons (Fsp3) is 0.750. The van der Waals surface area contributed by atoms with Crippen LogP contribution in [-0.4, -0.2) is 20.1 Å². The minimum Gasteiger partial charge on any atom is -0.250 e. The molecular formula is C8H14ClN3. The summed E-state index contributed by atoms with van der Waals surface area (Å²) in [5.41, 5.74) is 0. The minimum atomic E-state index is 0.215. The lowest BCUT2D eigenvalue weighted by atomic mass is 10.2. The van der Waals surface area contributed by atoms with E-state index in [9.17, 15) is 0 Å². The minimum absolute atomic E-state index is 0.215. The quantitative estimate of drug-likeness (QED) is 0.674. The number of alkyl halides is 1. The molecule has 1 atom stereocenters. The molecule has 12 heavy (non-hydrogen) atoms. The van der Waals surface area contributed by atoms with Crippen LogP contribution in [-0.2, 0) is 13.0 Å². The third kappa shape index (κ3) is 2.48. The van der Waals surface area contributed by atoms with E-state index < -0.39 is 0 Å². The number of aromatic nitrogens is 3. The van der Waals surface area contributed by atoms with E-state index in [1.807, 2.05) is 11.6 Å². The average Bonchev–Trinajstić information content (AvgIpc) is 2.47. The van der Waals surface area contributed by atoms with Crippen molar-refractivity contribution in [1.82, 2.24) is 14.8 Å². The predicted octanol–water partition coefficient (Wildman–Crippen LogP) is 1.86. The first-order chi connectivity index (χ1) is 5.74. The fourth-order valence-electron chi connectivity index (χ4n) is 1.07. The summed E-state index contributed by atoms with van der Waals surface area (Å²) in [5, 5.41) is 4.29. The molecule has 4 heteroatoms. The van der Waals surface area contributed by atoms with Gasteiger partial charge in [0.2, 0.25) is 0 Å². The van der Waals surface area contributed by atoms with Gasteiger partial charge in [-0.1, -0.05) is 0 Å². The van der Waals surface area contributed by atoms with Gasteiger partial charge in [-0.15, -0.1) is 11.6 Å². The second-order valence-corrected chi connectivity index (χ2v) is 3.56. The molecule has 1 aromatic heterocycles. The van der Waals surface area contributed by atoms with Gasteiger partial charge >= 0.3 is 0 Å². The highest BCUT2D eigenvalue weighted by Gasteiger charge is 2.03. The summed E-state index contributed by atoms with van der Waals surface area (Å²) in [7, 11) is 0. The Morgan fingerprint density at radius 2 is 2.42 bits per heavy atom. The Balaban J connectivity index is 2.50. The van der Waals surface area contributed by atoms with Gasteiger partial charge < -0.3 is 0 Å². The van der Waals surface area contributed by atoms with Crippen LogP contribution < -0.4 is 0 Å². The van der Waals surface area contributed by atoms with Crippen molar-refractivity contribution in [2.24, 2.45) is 0 Å². The van der Waals surface area contributed by atoms with Crippen molar-refractivity contribution in [2.45, 2.75) is 38.6 Å². The van der Waals surface area contributed by atoms with E-state index in [4.69, 9.17) is 11.6 Å². The summed E-state index contributed by atoms with van der Waals surface area (Å²) in [4.78, 5) is 4.15. The second kappa shape index (κ2) is 4.45. The smallest absolute Gasteiger partial charge is 0.138 e. The normalized spacial score (nSPS) is 13.2. The zero-order valence-electron chi connectivity index (χ0n) is 7.50. The lowest BCUT2D eigenvalue weighted by Crippen LogP contribution is -2.05. The van der Waals surface area contributed by atoms with Crippen LogP contribution in [0.4, 0.5) is 0 Å². The molecule has 0 bridgehead atoms. The molecule has 1 unspecified atom stereocenters. The number of hydrogen-bond acceptors (Lipinski definition) is 2. The predicted molar refractivity (Wildman–Crippen MR) is 49.3 cm³/mol. The van der Waals surface area contributed by atoms with E-state index >= 15 is 0 Å². The maximum atomic E-state index is 5.83. The first-order valence-corrected chi connectivity index (χ1v) is 4.68. The molecule has 3 nitrogen and oxygen atoms in total. The van der Waals surface area contributed by atoms with Crippen LogP contribution in [0, 0.1) is 0 Å². The molecule has 0 radical (unpaired) electrons. The van der Waals surface area contributed by atoms with Crippen molar-refractivity contribution in [3.05, 3.63) is 12.2 Å². The van der Waals surface area contributed by atoms with Crippen molar-refractivity contribution < 1.29 is 0 Å². The molecule has 0 aliphatic carbocycles. The number of hydrogen-bond donors (Lipinski definition) is 0. The molecular weight excluding hydrogens is 174 g/mol. The summed E-state index contributed by atoms with van der Waals surface area (Å²) in [6.07, 6.45) is 3.47. The molecule has 0 spiro atoms. The van der Waals surface area contributed by atoms with E-state index in [0.717, 1.165) is 25.2 Å². The van der Waals surface area contributed by atoms with Crippen LogP contribution >= 0.6 is 11.6 Å². The molecule has 0 fully saturated rings. The summed E-state index contributed by atoms with van der Waals surface area (Å²) >= 11 is 5.83. The van der Waals surface area contributed by atoms with Gasteiger partial charge in [0.05, 0.1) is 0 Å². The molecule has 0 aromatic carbocycles. The summed E-state index contributed by atoms with van der Waals surface area (Å²) < 4.78 is 1.90. The Labute approximate surface area is 77.8 Å². The van der Waals surface area contributed by atoms with E-state index in [-0.39, 0.29) is 5.38 Å². The largest absolute Gasteiger partial charge is 0.250 e. The van der Waals surface area contributed by atoms with E-state index in [0.29, 0.717) is 0 Å². The molecule has 1 aromatic rings. The van der Waals surface area contributed by atoms with Gasteiger partial charge in [-0.3, -0.25) is 4.68 Å². The SMILES string of the molecule is CCn1ncnc1CCC(C)Cl. The molecule has 0 amide bonds. The summed E-state index contributed by atoms with van der Waals surface area (Å²) in [6.45, 7) is 4.93. The Kier molecular flexibility index (Phi) is 3.53. The van der Waals surface area contributed by atoms with Crippen LogP contribution in [0.5, 0.6) is 0 Å². The molecule has 0 aliphatic heterocycles. The average molecular weight is 188 g/mol. The second-order valence-electron chi connectivity index (χ2n) is 2.81. The zero-order chi connectivity index (χ0) is 8.97. The van der Waals surface area contributed by atoms with Crippen LogP contribution in [0.2, 0.25) is 0 Å². The van der Waals surface area contributed by atoms with Gasteiger partial charge in [-0.2, -0.15) is 5.10 Å². The molecule has 1 heterocycles. The van der Waals surface area contributed by atoms with Crippen molar-refractivity contribution in [3.8, 4) is 0 Å². The Hall–Kier alpha value is -0.570. The zero-order valence-corrected chi connectivity index (χ0v) is 8.25. The van der Waals surface area contributed by atoms with Crippen LogP contribution in [0.1, 0.15) is 26.1 Å². The van der Waals surface area contributed by atoms with Crippen molar-refractivity contribution in [2.75, 3.05) is 0 Å². The standard InChI is InChI=1S/C8H14ClN3/c1-3-12-8(10-6-11-12)5-4-7(2)9/h6-7H,3-5H2,1-2H3. The van der Waals surface area contributed by atoms with Crippen molar-refractivity contribution in [1.29, 1.82) is 0 Å². The topological polar surface area (TPSA) is 30.7 Å². The van der Waals surface area contributed by atoms with Crippen molar-refractivity contribution in [3.63, 3.8) is 0 Å². The van der Waals surface area contributed by atoms with Crippen molar-refractivity contribution >= 4 is 11.6 Å². The van der Waals surface area contributed by atoms with Crippen LogP contribution in [0.3, 0.4) is 0 Å². The Bertz CT molecular complexity index is 232. The van der Waals surface area contributed by atoms with E-state index in [2.05, 4.69) is 17.0 Å². The van der Waals surface area contributed by atoms with Gasteiger partial charge in [0, 0.05) is 18.3 Å². The van der Waals surface area contributed by atoms with Gasteiger partial charge in [0.25, 0.3) is 0 Å². The maximum Gasteiger partial charge on any atom is 0.138 e. The maximum absolute atomic E-state index is 5.83. The monoisotopic (exact) mass is 187 g/mol. The van der Waals surface area contributed by atoms with Crippen LogP contribution in [0.15, 0.2) is 6.33 Å². The number of rotatable bonds is 4. The van der Waals surface area contributed by atoms with Gasteiger partial charge in [0.1, 0.15) is 12.2 Å². The first-order valence-electron chi connectivity index (χ1n) is 4.24. The summed E-state index contributed by atoms with van der Waals surface area (Å²) in [5.74, 6) is 1.03. The molecule has 0 saturated heterocycles. The number of aryl methyl sites for hydroxylation is 2. The van der Waals surface area contributed by atoms with E-state index in [1.165, 1.54) is 0 Å². The van der Waals surface area contributed by atoms with Gasteiger partial charge in [-0.05, 0) is 20.3 Å². The summed E-state index contributed by atoms with van der Waals surface area (Å²) in [6, 6.07) is 0. The lowest BCUT2D eigenvalue weighted by molar-refractivity contribution is 0.600. The molecule has 0 saturated carbocycles. The van der Waals surface area contributed by atoms with Gasteiger partial charge in [-0.25, -0.2) is 4.98 Å². The third-order valence-corrected chi connectivity index (χ3v) is 1.98. The molecule has 1 rings (SSSR count). The molecule has 0 N–H and O–H groups in total. The highest BCUT2D eigenvalue weighted by molar-refractivity contribution is 6.20. The van der Waals surface area contributed by atoms with E-state index in [1.54, 1.807) is 6.33 Å².